The molecule has 9 heteroatoms. The van der Waals surface area contributed by atoms with Crippen LogP contribution in [0, 0.1) is 0 Å². The van der Waals surface area contributed by atoms with E-state index >= 15 is 0 Å². The van der Waals surface area contributed by atoms with Crippen molar-refractivity contribution in [3.05, 3.63) is 36.4 Å². The Morgan fingerprint density at radius 1 is 1.38 bits per heavy atom. The lowest BCUT2D eigenvalue weighted by atomic mass is 10.4. The van der Waals surface area contributed by atoms with Gasteiger partial charge in [0.2, 0.25) is 11.8 Å². The number of hydrogen-bond donors (Lipinski definition) is 0. The molecule has 0 amide bonds. The van der Waals surface area contributed by atoms with Crippen molar-refractivity contribution in [1.29, 1.82) is 0 Å². The van der Waals surface area contributed by atoms with E-state index in [4.69, 9.17) is 9.26 Å². The summed E-state index contributed by atoms with van der Waals surface area (Å²) in [4.78, 5) is 8.71. The normalized spacial score (nSPS) is 15.4. The van der Waals surface area contributed by atoms with Crippen LogP contribution in [0.5, 0.6) is 5.88 Å². The third-order valence-electron chi connectivity index (χ3n) is 3.75. The van der Waals surface area contributed by atoms with Crippen molar-refractivity contribution < 1.29 is 9.26 Å². The molecule has 3 aromatic rings. The van der Waals surface area contributed by atoms with E-state index in [1.165, 1.54) is 11.8 Å². The second kappa shape index (κ2) is 6.23. The van der Waals surface area contributed by atoms with Gasteiger partial charge in [-0.3, -0.25) is 4.57 Å². The van der Waals surface area contributed by atoms with Crippen LogP contribution in [0.15, 0.2) is 34.3 Å². The Morgan fingerprint density at radius 2 is 2.25 bits per heavy atom. The molecule has 1 fully saturated rings. The van der Waals surface area contributed by atoms with E-state index in [-0.39, 0.29) is 5.25 Å². The largest absolute Gasteiger partial charge is 0.481 e. The van der Waals surface area contributed by atoms with Gasteiger partial charge < -0.3 is 9.26 Å². The number of pyridine rings is 1. The molecule has 3 heterocycles. The average Bonchev–Trinajstić information content (AvgIpc) is 3.16. The molecule has 0 aromatic carbocycles. The zero-order valence-corrected chi connectivity index (χ0v) is 14.1. The number of thioether (sulfide) groups is 1. The van der Waals surface area contributed by atoms with Crippen molar-refractivity contribution in [2.24, 2.45) is 0 Å². The van der Waals surface area contributed by atoms with Gasteiger partial charge >= 0.3 is 0 Å². The smallest absolute Gasteiger partial charge is 0.239 e. The fourth-order valence-electron chi connectivity index (χ4n) is 2.25. The highest BCUT2D eigenvalue weighted by Gasteiger charge is 2.30. The summed E-state index contributed by atoms with van der Waals surface area (Å²) in [5.41, 5.74) is 0.861. The monoisotopic (exact) mass is 344 g/mol. The molecule has 124 valence electrons. The van der Waals surface area contributed by atoms with E-state index in [2.05, 4.69) is 25.3 Å². The van der Waals surface area contributed by atoms with E-state index in [1.54, 1.807) is 25.7 Å². The Labute approximate surface area is 142 Å². The maximum Gasteiger partial charge on any atom is 0.239 e. The lowest BCUT2D eigenvalue weighted by molar-refractivity contribution is 0.374. The molecule has 1 saturated carbocycles. The van der Waals surface area contributed by atoms with Gasteiger partial charge in [0.15, 0.2) is 11.0 Å². The Morgan fingerprint density at radius 3 is 2.96 bits per heavy atom. The highest BCUT2D eigenvalue weighted by molar-refractivity contribution is 7.99. The first-order valence-corrected chi connectivity index (χ1v) is 8.53. The van der Waals surface area contributed by atoms with Crippen LogP contribution in [0.4, 0.5) is 0 Å². The van der Waals surface area contributed by atoms with Crippen molar-refractivity contribution in [2.75, 3.05) is 7.11 Å². The lowest BCUT2D eigenvalue weighted by Gasteiger charge is -2.08. The molecule has 24 heavy (non-hydrogen) atoms. The first-order valence-electron chi connectivity index (χ1n) is 7.65. The molecular weight excluding hydrogens is 328 g/mol. The molecule has 0 radical (unpaired) electrons. The molecule has 0 unspecified atom stereocenters. The maximum absolute atomic E-state index is 5.38. The first-order chi connectivity index (χ1) is 11.7. The fraction of sp³-hybridized carbons (Fsp3) is 0.400. The van der Waals surface area contributed by atoms with Crippen molar-refractivity contribution in [3.8, 4) is 11.6 Å². The van der Waals surface area contributed by atoms with Gasteiger partial charge in [0.1, 0.15) is 6.33 Å². The van der Waals surface area contributed by atoms with Gasteiger partial charge in [-0.2, -0.15) is 4.98 Å². The highest BCUT2D eigenvalue weighted by Crippen LogP contribution is 2.40. The molecule has 8 nitrogen and oxygen atoms in total. The summed E-state index contributed by atoms with van der Waals surface area (Å²) >= 11 is 1.51. The van der Waals surface area contributed by atoms with Crippen LogP contribution in [0.2, 0.25) is 0 Å². The van der Waals surface area contributed by atoms with E-state index < -0.39 is 0 Å². The molecule has 1 aliphatic carbocycles. The van der Waals surface area contributed by atoms with Crippen LogP contribution in [0.3, 0.4) is 0 Å². The lowest BCUT2D eigenvalue weighted by Crippen LogP contribution is -1.99. The fourth-order valence-corrected chi connectivity index (χ4v) is 3.12. The Kier molecular flexibility index (Phi) is 3.93. The molecule has 1 aliphatic rings. The minimum atomic E-state index is -0.0147. The predicted octanol–water partition coefficient (Wildman–Crippen LogP) is 2.78. The van der Waals surface area contributed by atoms with Crippen LogP contribution in [-0.4, -0.2) is 37.0 Å². The van der Waals surface area contributed by atoms with Crippen molar-refractivity contribution in [1.82, 2.24) is 29.9 Å². The van der Waals surface area contributed by atoms with Crippen LogP contribution in [-0.2, 0) is 0 Å². The van der Waals surface area contributed by atoms with Gasteiger partial charge in [-0.25, -0.2) is 4.98 Å². The minimum absolute atomic E-state index is 0.0147. The number of ether oxygens (including phenoxy) is 1. The number of methoxy groups -OCH3 is 1. The van der Waals surface area contributed by atoms with Gasteiger partial charge in [0.25, 0.3) is 0 Å². The van der Waals surface area contributed by atoms with Gasteiger partial charge in [-0.1, -0.05) is 16.9 Å². The molecule has 4 rings (SSSR count). The summed E-state index contributed by atoms with van der Waals surface area (Å²) in [6, 6.07) is 3.70. The average molecular weight is 344 g/mol. The Hall–Kier alpha value is -2.42. The summed E-state index contributed by atoms with van der Waals surface area (Å²) < 4.78 is 12.3. The highest BCUT2D eigenvalue weighted by atomic mass is 32.2. The van der Waals surface area contributed by atoms with E-state index in [0.717, 1.165) is 29.5 Å². The molecule has 3 aromatic heterocycles. The summed E-state index contributed by atoms with van der Waals surface area (Å²) in [7, 11) is 1.59. The summed E-state index contributed by atoms with van der Waals surface area (Å²) in [5.74, 6) is 2.48. The number of aromatic nitrogens is 6. The van der Waals surface area contributed by atoms with Crippen LogP contribution in [0.25, 0.3) is 5.69 Å². The van der Waals surface area contributed by atoms with Gasteiger partial charge in [0.05, 0.1) is 24.2 Å². The molecule has 0 spiro atoms. The number of rotatable bonds is 6. The predicted molar refractivity (Wildman–Crippen MR) is 86.3 cm³/mol. The van der Waals surface area contributed by atoms with Gasteiger partial charge in [-0.15, -0.1) is 10.2 Å². The molecule has 0 saturated heterocycles. The first kappa shape index (κ1) is 15.1. The van der Waals surface area contributed by atoms with Crippen LogP contribution >= 0.6 is 11.8 Å². The molecule has 0 N–H and O–H groups in total. The second-order valence-corrected chi connectivity index (χ2v) is 6.88. The zero-order chi connectivity index (χ0) is 16.5. The second-order valence-electron chi connectivity index (χ2n) is 5.57. The third kappa shape index (κ3) is 2.99. The summed E-state index contributed by atoms with van der Waals surface area (Å²) in [5, 5.41) is 13.0. The van der Waals surface area contributed by atoms with Gasteiger partial charge in [0, 0.05) is 12.0 Å². The topological polar surface area (TPSA) is 91.8 Å². The minimum Gasteiger partial charge on any atom is -0.481 e. The molecule has 1 atom stereocenters. The van der Waals surface area contributed by atoms with Crippen molar-refractivity contribution >= 4 is 11.8 Å². The van der Waals surface area contributed by atoms with Crippen molar-refractivity contribution in [3.63, 3.8) is 0 Å². The van der Waals surface area contributed by atoms with Crippen LogP contribution < -0.4 is 4.74 Å². The van der Waals surface area contributed by atoms with E-state index in [0.29, 0.717) is 17.7 Å². The van der Waals surface area contributed by atoms with Crippen molar-refractivity contribution in [2.45, 2.75) is 36.1 Å². The van der Waals surface area contributed by atoms with Gasteiger partial charge in [-0.05, 0) is 25.8 Å². The summed E-state index contributed by atoms with van der Waals surface area (Å²) in [6.45, 7) is 2.01. The standard InChI is InChI=1S/C15H16N6O2S/c1-9(14-18-13(20-23-14)10-3-4-10)24-15-19-17-8-21(15)11-5-6-12(22-2)16-7-11/h5-10H,3-4H2,1-2H3/t9-/m1/s1. The van der Waals surface area contributed by atoms with E-state index in [9.17, 15) is 0 Å². The molecule has 0 bridgehead atoms. The van der Waals surface area contributed by atoms with Crippen LogP contribution in [0.1, 0.15) is 42.6 Å². The maximum atomic E-state index is 5.38. The molecular formula is C15H16N6O2S. The quantitative estimate of drug-likeness (QED) is 0.630. The number of nitrogens with zero attached hydrogens (tertiary/aromatic N) is 6. The SMILES string of the molecule is COc1ccc(-n2cnnc2S[C@H](C)c2nc(C3CC3)no2)cn1. The summed E-state index contributed by atoms with van der Waals surface area (Å²) in [6.07, 6.45) is 5.68. The third-order valence-corrected chi connectivity index (χ3v) is 4.80. The zero-order valence-electron chi connectivity index (χ0n) is 13.3. The Bertz CT molecular complexity index is 827. The Balaban J connectivity index is 1.52. The number of hydrogen-bond acceptors (Lipinski definition) is 8. The van der Waals surface area contributed by atoms with E-state index in [1.807, 2.05) is 17.6 Å². The molecule has 0 aliphatic heterocycles.